The average Bonchev–Trinajstić information content (AvgIpc) is 2.62. The summed E-state index contributed by atoms with van der Waals surface area (Å²) in [4.78, 5) is 13.5. The maximum absolute atomic E-state index is 11.7. The summed E-state index contributed by atoms with van der Waals surface area (Å²) in [5.41, 5.74) is 8.20. The van der Waals surface area contributed by atoms with Gasteiger partial charge in [-0.25, -0.2) is 0 Å². The van der Waals surface area contributed by atoms with E-state index in [2.05, 4.69) is 38.1 Å². The smallest absolute Gasteiger partial charge is 0.239 e. The number of carbonyl (C=O) groups is 1. The number of benzene rings is 1. The summed E-state index contributed by atoms with van der Waals surface area (Å²) in [6, 6.07) is 8.20. The van der Waals surface area contributed by atoms with E-state index in [9.17, 15) is 4.79 Å². The van der Waals surface area contributed by atoms with Crippen LogP contribution in [0.1, 0.15) is 37.3 Å². The predicted octanol–water partition coefficient (Wildman–Crippen LogP) is 1.87. The van der Waals surface area contributed by atoms with Crippen molar-refractivity contribution in [3.8, 4) is 0 Å². The minimum atomic E-state index is -0.287. The van der Waals surface area contributed by atoms with Crippen molar-refractivity contribution in [2.75, 3.05) is 6.54 Å². The second-order valence-electron chi connectivity index (χ2n) is 5.05. The van der Waals surface area contributed by atoms with Crippen molar-refractivity contribution < 1.29 is 4.79 Å². The minimum Gasteiger partial charge on any atom is -0.337 e. The molecule has 0 aromatic heterocycles. The van der Waals surface area contributed by atoms with Gasteiger partial charge in [0.1, 0.15) is 0 Å². The van der Waals surface area contributed by atoms with Crippen LogP contribution >= 0.6 is 0 Å². The summed E-state index contributed by atoms with van der Waals surface area (Å²) in [5.74, 6) is 0.629. The number of nitrogens with two attached hydrogens (primary N) is 1. The molecule has 1 unspecified atom stereocenters. The molecule has 1 aliphatic rings. The van der Waals surface area contributed by atoms with Crippen LogP contribution in [0.2, 0.25) is 0 Å². The Morgan fingerprint density at radius 2 is 2.00 bits per heavy atom. The molecule has 2 N–H and O–H groups in total. The summed E-state index contributed by atoms with van der Waals surface area (Å²) in [7, 11) is 0. The molecule has 17 heavy (non-hydrogen) atoms. The quantitative estimate of drug-likeness (QED) is 0.864. The number of amides is 1. The van der Waals surface area contributed by atoms with Crippen molar-refractivity contribution in [1.29, 1.82) is 0 Å². The molecule has 1 amide bonds. The molecule has 0 saturated carbocycles. The molecule has 1 saturated heterocycles. The highest BCUT2D eigenvalue weighted by atomic mass is 16.2. The maximum Gasteiger partial charge on any atom is 0.239 e. The van der Waals surface area contributed by atoms with E-state index in [1.807, 2.05) is 4.90 Å². The highest BCUT2D eigenvalue weighted by Crippen LogP contribution is 2.17. The van der Waals surface area contributed by atoms with Crippen LogP contribution in [0, 0.1) is 0 Å². The maximum atomic E-state index is 11.7. The Hall–Kier alpha value is -1.35. The Kier molecular flexibility index (Phi) is 3.48. The Labute approximate surface area is 103 Å². The number of hydrogen-bond acceptors (Lipinski definition) is 2. The first-order valence-corrected chi connectivity index (χ1v) is 6.21. The first-order chi connectivity index (χ1) is 8.08. The van der Waals surface area contributed by atoms with E-state index in [-0.39, 0.29) is 11.9 Å². The number of likely N-dealkylation sites (tertiary alicyclic amines) is 1. The third-order valence-corrected chi connectivity index (χ3v) is 3.36. The Morgan fingerprint density at radius 3 is 2.47 bits per heavy atom. The summed E-state index contributed by atoms with van der Waals surface area (Å²) < 4.78 is 0. The van der Waals surface area contributed by atoms with Crippen molar-refractivity contribution in [2.45, 2.75) is 38.8 Å². The lowest BCUT2D eigenvalue weighted by molar-refractivity contribution is -0.129. The van der Waals surface area contributed by atoms with Crippen molar-refractivity contribution in [3.63, 3.8) is 0 Å². The molecule has 1 aliphatic heterocycles. The van der Waals surface area contributed by atoms with Crippen molar-refractivity contribution in [1.82, 2.24) is 4.90 Å². The second kappa shape index (κ2) is 4.88. The molecule has 92 valence electrons. The monoisotopic (exact) mass is 232 g/mol. The molecule has 2 rings (SSSR count). The van der Waals surface area contributed by atoms with Crippen LogP contribution in [0.15, 0.2) is 24.3 Å². The molecule has 3 nitrogen and oxygen atoms in total. The third kappa shape index (κ3) is 2.67. The molecule has 1 fully saturated rings. The molecular weight excluding hydrogens is 212 g/mol. The molecule has 1 aromatic rings. The van der Waals surface area contributed by atoms with Crippen LogP contribution in [0.3, 0.4) is 0 Å². The van der Waals surface area contributed by atoms with Crippen molar-refractivity contribution in [2.24, 2.45) is 5.73 Å². The van der Waals surface area contributed by atoms with Gasteiger partial charge in [0.05, 0.1) is 6.04 Å². The SMILES string of the molecule is CC(C)c1ccc(CN2CCC(N)C2=O)cc1. The molecule has 3 heteroatoms. The number of nitrogens with zero attached hydrogens (tertiary/aromatic N) is 1. The lowest BCUT2D eigenvalue weighted by atomic mass is 10.0. The highest BCUT2D eigenvalue weighted by molar-refractivity contribution is 5.83. The van der Waals surface area contributed by atoms with E-state index in [1.54, 1.807) is 0 Å². The zero-order valence-corrected chi connectivity index (χ0v) is 10.5. The van der Waals surface area contributed by atoms with Gasteiger partial charge in [-0.05, 0) is 23.5 Å². The zero-order valence-electron chi connectivity index (χ0n) is 10.5. The summed E-state index contributed by atoms with van der Waals surface area (Å²) in [6.07, 6.45) is 0.781. The van der Waals surface area contributed by atoms with Gasteiger partial charge in [0.15, 0.2) is 0 Å². The summed E-state index contributed by atoms with van der Waals surface area (Å²) in [5, 5.41) is 0. The molecular formula is C14H20N2O. The molecule has 0 spiro atoms. The fraction of sp³-hybridized carbons (Fsp3) is 0.500. The van der Waals surface area contributed by atoms with Gasteiger partial charge >= 0.3 is 0 Å². The van der Waals surface area contributed by atoms with Crippen molar-refractivity contribution in [3.05, 3.63) is 35.4 Å². The fourth-order valence-electron chi connectivity index (χ4n) is 2.15. The van der Waals surface area contributed by atoms with E-state index in [0.717, 1.165) is 13.0 Å². The van der Waals surface area contributed by atoms with E-state index in [1.165, 1.54) is 11.1 Å². The van der Waals surface area contributed by atoms with Gasteiger partial charge in [0.25, 0.3) is 0 Å². The number of hydrogen-bond donors (Lipinski definition) is 1. The molecule has 0 aliphatic carbocycles. The molecule has 1 atom stereocenters. The lowest BCUT2D eigenvalue weighted by Crippen LogP contribution is -2.33. The molecule has 0 radical (unpaired) electrons. The van der Waals surface area contributed by atoms with E-state index in [4.69, 9.17) is 5.73 Å². The Morgan fingerprint density at radius 1 is 1.35 bits per heavy atom. The largest absolute Gasteiger partial charge is 0.337 e. The van der Waals surface area contributed by atoms with Crippen LogP contribution < -0.4 is 5.73 Å². The van der Waals surface area contributed by atoms with Gasteiger partial charge in [-0.2, -0.15) is 0 Å². The zero-order chi connectivity index (χ0) is 12.4. The van der Waals surface area contributed by atoms with Crippen LogP contribution in [0.5, 0.6) is 0 Å². The summed E-state index contributed by atoms with van der Waals surface area (Å²) >= 11 is 0. The minimum absolute atomic E-state index is 0.0814. The van der Waals surface area contributed by atoms with Gasteiger partial charge in [-0.1, -0.05) is 38.1 Å². The average molecular weight is 232 g/mol. The van der Waals surface area contributed by atoms with Gasteiger partial charge < -0.3 is 10.6 Å². The van der Waals surface area contributed by atoms with Gasteiger partial charge in [0, 0.05) is 13.1 Å². The second-order valence-corrected chi connectivity index (χ2v) is 5.05. The van der Waals surface area contributed by atoms with Gasteiger partial charge in [-0.15, -0.1) is 0 Å². The molecule has 0 bridgehead atoms. The predicted molar refractivity (Wildman–Crippen MR) is 68.5 cm³/mol. The third-order valence-electron chi connectivity index (χ3n) is 3.36. The standard InChI is InChI=1S/C14H20N2O/c1-10(2)12-5-3-11(4-6-12)9-16-8-7-13(15)14(16)17/h3-6,10,13H,7-9,15H2,1-2H3. The first kappa shape index (κ1) is 12.1. The summed E-state index contributed by atoms with van der Waals surface area (Å²) in [6.45, 7) is 5.83. The van der Waals surface area contributed by atoms with Crippen LogP contribution in [-0.4, -0.2) is 23.4 Å². The van der Waals surface area contributed by atoms with Crippen LogP contribution in [0.25, 0.3) is 0 Å². The van der Waals surface area contributed by atoms with Gasteiger partial charge in [0.2, 0.25) is 5.91 Å². The van der Waals surface area contributed by atoms with Crippen molar-refractivity contribution >= 4 is 5.91 Å². The highest BCUT2D eigenvalue weighted by Gasteiger charge is 2.28. The topological polar surface area (TPSA) is 46.3 Å². The Bertz CT molecular complexity index is 397. The molecule has 1 aromatic carbocycles. The Balaban J connectivity index is 2.02. The van der Waals surface area contributed by atoms with E-state index >= 15 is 0 Å². The van der Waals surface area contributed by atoms with Crippen LogP contribution in [-0.2, 0) is 11.3 Å². The lowest BCUT2D eigenvalue weighted by Gasteiger charge is -2.16. The molecule has 1 heterocycles. The van der Waals surface area contributed by atoms with E-state index < -0.39 is 0 Å². The first-order valence-electron chi connectivity index (χ1n) is 6.21. The number of carbonyl (C=O) groups excluding carboxylic acids is 1. The fourth-order valence-corrected chi connectivity index (χ4v) is 2.15. The van der Waals surface area contributed by atoms with Gasteiger partial charge in [-0.3, -0.25) is 4.79 Å². The number of rotatable bonds is 3. The normalized spacial score (nSPS) is 20.4. The van der Waals surface area contributed by atoms with Crippen LogP contribution in [0.4, 0.5) is 0 Å². The van der Waals surface area contributed by atoms with E-state index in [0.29, 0.717) is 12.5 Å².